The number of carbonyl (C=O) groups is 2. The SMILES string of the molecule is O=C(NNC(=O)c1csc(-c2ccc(Cl)cc2)n1)c1ccccc1. The average molecular weight is 358 g/mol. The Kier molecular flexibility index (Phi) is 4.88. The average Bonchev–Trinajstić information content (AvgIpc) is 3.11. The van der Waals surface area contributed by atoms with E-state index in [0.717, 1.165) is 5.56 Å². The van der Waals surface area contributed by atoms with Crippen LogP contribution in [0.25, 0.3) is 10.6 Å². The van der Waals surface area contributed by atoms with Crippen molar-refractivity contribution in [3.8, 4) is 10.6 Å². The Morgan fingerprint density at radius 3 is 2.29 bits per heavy atom. The summed E-state index contributed by atoms with van der Waals surface area (Å²) < 4.78 is 0. The lowest BCUT2D eigenvalue weighted by atomic mass is 10.2. The molecule has 0 fully saturated rings. The van der Waals surface area contributed by atoms with Gasteiger partial charge in [-0.1, -0.05) is 41.9 Å². The fourth-order valence-electron chi connectivity index (χ4n) is 1.94. The molecule has 2 amide bonds. The first kappa shape index (κ1) is 16.2. The van der Waals surface area contributed by atoms with Gasteiger partial charge in [-0.3, -0.25) is 20.4 Å². The van der Waals surface area contributed by atoms with Crippen molar-refractivity contribution in [2.24, 2.45) is 0 Å². The minimum atomic E-state index is -0.476. The van der Waals surface area contributed by atoms with Gasteiger partial charge in [0.1, 0.15) is 10.7 Å². The zero-order valence-electron chi connectivity index (χ0n) is 12.3. The Hall–Kier alpha value is -2.70. The number of nitrogens with one attached hydrogen (secondary N) is 2. The van der Waals surface area contributed by atoms with Crippen molar-refractivity contribution in [3.63, 3.8) is 0 Å². The van der Waals surface area contributed by atoms with Gasteiger partial charge in [-0.25, -0.2) is 4.98 Å². The second-order valence-corrected chi connectivity index (χ2v) is 6.11. The van der Waals surface area contributed by atoms with Crippen molar-refractivity contribution in [2.45, 2.75) is 0 Å². The highest BCUT2D eigenvalue weighted by molar-refractivity contribution is 7.13. The molecular formula is C17H12ClN3O2S. The number of amides is 2. The molecule has 0 radical (unpaired) electrons. The molecule has 120 valence electrons. The number of aromatic nitrogens is 1. The summed E-state index contributed by atoms with van der Waals surface area (Å²) in [5, 5.41) is 2.97. The van der Waals surface area contributed by atoms with Crippen LogP contribution in [-0.2, 0) is 0 Å². The van der Waals surface area contributed by atoms with Crippen LogP contribution in [0, 0.1) is 0 Å². The summed E-state index contributed by atoms with van der Waals surface area (Å²) in [5.41, 5.74) is 6.28. The third kappa shape index (κ3) is 3.79. The lowest BCUT2D eigenvalue weighted by Gasteiger charge is -2.05. The molecule has 0 aliphatic carbocycles. The molecule has 2 N–H and O–H groups in total. The molecule has 1 heterocycles. The lowest BCUT2D eigenvalue weighted by Crippen LogP contribution is -2.41. The van der Waals surface area contributed by atoms with E-state index in [1.54, 1.807) is 41.8 Å². The van der Waals surface area contributed by atoms with Gasteiger partial charge in [-0.15, -0.1) is 11.3 Å². The third-order valence-electron chi connectivity index (χ3n) is 3.15. The number of hydrogen-bond donors (Lipinski definition) is 2. The van der Waals surface area contributed by atoms with Crippen molar-refractivity contribution in [1.82, 2.24) is 15.8 Å². The monoisotopic (exact) mass is 357 g/mol. The van der Waals surface area contributed by atoms with Crippen LogP contribution in [0.1, 0.15) is 20.8 Å². The molecule has 0 unspecified atom stereocenters. The van der Waals surface area contributed by atoms with E-state index in [1.807, 2.05) is 18.2 Å². The standard InChI is InChI=1S/C17H12ClN3O2S/c18-13-8-6-12(7-9-13)17-19-14(10-24-17)16(23)21-20-15(22)11-4-2-1-3-5-11/h1-10H,(H,20,22)(H,21,23). The predicted molar refractivity (Wildman–Crippen MR) is 93.9 cm³/mol. The van der Waals surface area contributed by atoms with Crippen molar-refractivity contribution >= 4 is 34.8 Å². The van der Waals surface area contributed by atoms with E-state index in [-0.39, 0.29) is 5.69 Å². The molecule has 0 aliphatic heterocycles. The Labute approximate surface area is 147 Å². The molecule has 0 bridgehead atoms. The molecule has 24 heavy (non-hydrogen) atoms. The number of rotatable bonds is 3. The van der Waals surface area contributed by atoms with Crippen LogP contribution in [-0.4, -0.2) is 16.8 Å². The minimum Gasteiger partial charge on any atom is -0.267 e. The molecule has 3 aromatic rings. The van der Waals surface area contributed by atoms with Crippen molar-refractivity contribution < 1.29 is 9.59 Å². The molecule has 3 rings (SSSR count). The fourth-order valence-corrected chi connectivity index (χ4v) is 2.87. The number of halogens is 1. The van der Waals surface area contributed by atoms with Gasteiger partial charge in [0.05, 0.1) is 0 Å². The van der Waals surface area contributed by atoms with Gasteiger partial charge in [0.15, 0.2) is 0 Å². The third-order valence-corrected chi connectivity index (χ3v) is 4.30. The number of thiazole rings is 1. The molecule has 5 nitrogen and oxygen atoms in total. The van der Waals surface area contributed by atoms with E-state index in [1.165, 1.54) is 11.3 Å². The first-order valence-corrected chi connectivity index (χ1v) is 8.26. The first-order chi connectivity index (χ1) is 11.6. The molecular weight excluding hydrogens is 346 g/mol. The van der Waals surface area contributed by atoms with Gasteiger partial charge in [0, 0.05) is 21.5 Å². The smallest absolute Gasteiger partial charge is 0.267 e. The van der Waals surface area contributed by atoms with Crippen LogP contribution in [0.5, 0.6) is 0 Å². The Morgan fingerprint density at radius 2 is 1.58 bits per heavy atom. The molecule has 0 spiro atoms. The number of benzene rings is 2. The van der Waals surface area contributed by atoms with Crippen LogP contribution in [0.15, 0.2) is 60.0 Å². The normalized spacial score (nSPS) is 10.2. The second-order valence-electron chi connectivity index (χ2n) is 4.82. The highest BCUT2D eigenvalue weighted by Crippen LogP contribution is 2.24. The highest BCUT2D eigenvalue weighted by atomic mass is 35.5. The summed E-state index contributed by atoms with van der Waals surface area (Å²) in [6.45, 7) is 0. The van der Waals surface area contributed by atoms with Crippen LogP contribution in [0.2, 0.25) is 5.02 Å². The predicted octanol–water partition coefficient (Wildman–Crippen LogP) is 3.54. The van der Waals surface area contributed by atoms with E-state index >= 15 is 0 Å². The van der Waals surface area contributed by atoms with Gasteiger partial charge in [0.2, 0.25) is 0 Å². The summed E-state index contributed by atoms with van der Waals surface area (Å²) in [4.78, 5) is 28.2. The summed E-state index contributed by atoms with van der Waals surface area (Å²) in [5.74, 6) is -0.868. The maximum atomic E-state index is 12.1. The van der Waals surface area contributed by atoms with Gasteiger partial charge >= 0.3 is 0 Å². The molecule has 1 aromatic heterocycles. The summed E-state index contributed by atoms with van der Waals surface area (Å²) in [6, 6.07) is 15.8. The topological polar surface area (TPSA) is 71.1 Å². The van der Waals surface area contributed by atoms with E-state index < -0.39 is 11.8 Å². The van der Waals surface area contributed by atoms with E-state index in [2.05, 4.69) is 15.8 Å². The van der Waals surface area contributed by atoms with Crippen molar-refractivity contribution in [3.05, 3.63) is 76.3 Å². The molecule has 0 saturated heterocycles. The minimum absolute atomic E-state index is 0.235. The Balaban J connectivity index is 1.64. The van der Waals surface area contributed by atoms with E-state index in [4.69, 9.17) is 11.6 Å². The fraction of sp³-hybridized carbons (Fsp3) is 0. The van der Waals surface area contributed by atoms with Gasteiger partial charge in [-0.2, -0.15) is 0 Å². The van der Waals surface area contributed by atoms with E-state index in [0.29, 0.717) is 15.6 Å². The first-order valence-electron chi connectivity index (χ1n) is 7.00. The van der Waals surface area contributed by atoms with Crippen LogP contribution in [0.3, 0.4) is 0 Å². The Morgan fingerprint density at radius 1 is 0.917 bits per heavy atom. The van der Waals surface area contributed by atoms with Gasteiger partial charge in [-0.05, 0) is 24.3 Å². The van der Waals surface area contributed by atoms with E-state index in [9.17, 15) is 9.59 Å². The van der Waals surface area contributed by atoms with Crippen molar-refractivity contribution in [1.29, 1.82) is 0 Å². The number of nitrogens with zero attached hydrogens (tertiary/aromatic N) is 1. The molecule has 0 saturated carbocycles. The van der Waals surface area contributed by atoms with Crippen LogP contribution >= 0.6 is 22.9 Å². The molecule has 0 aliphatic rings. The molecule has 0 atom stereocenters. The lowest BCUT2D eigenvalue weighted by molar-refractivity contribution is 0.0844. The van der Waals surface area contributed by atoms with Crippen LogP contribution < -0.4 is 10.9 Å². The van der Waals surface area contributed by atoms with Gasteiger partial charge in [0.25, 0.3) is 11.8 Å². The maximum Gasteiger partial charge on any atom is 0.289 e. The zero-order valence-corrected chi connectivity index (χ0v) is 13.9. The summed E-state index contributed by atoms with van der Waals surface area (Å²) in [7, 11) is 0. The zero-order chi connectivity index (χ0) is 16.9. The maximum absolute atomic E-state index is 12.1. The van der Waals surface area contributed by atoms with Crippen LogP contribution in [0.4, 0.5) is 0 Å². The number of hydrogen-bond acceptors (Lipinski definition) is 4. The molecule has 2 aromatic carbocycles. The van der Waals surface area contributed by atoms with Crippen molar-refractivity contribution in [2.75, 3.05) is 0 Å². The highest BCUT2D eigenvalue weighted by Gasteiger charge is 2.13. The number of carbonyl (C=O) groups excluding carboxylic acids is 2. The number of hydrazine groups is 1. The quantitative estimate of drug-likeness (QED) is 0.704. The summed E-state index contributed by atoms with van der Waals surface area (Å²) >= 11 is 7.19. The molecule has 7 heteroatoms. The van der Waals surface area contributed by atoms with Gasteiger partial charge < -0.3 is 0 Å². The second kappa shape index (κ2) is 7.25. The summed E-state index contributed by atoms with van der Waals surface area (Å²) in [6.07, 6.45) is 0. The Bertz CT molecular complexity index is 863. The largest absolute Gasteiger partial charge is 0.289 e.